The van der Waals surface area contributed by atoms with Gasteiger partial charge in [0.2, 0.25) is 6.79 Å². The van der Waals surface area contributed by atoms with Crippen LogP contribution in [0.15, 0.2) is 35.0 Å². The van der Waals surface area contributed by atoms with Gasteiger partial charge in [0, 0.05) is 19.4 Å². The maximum Gasteiger partial charge on any atom is 0.340 e. The van der Waals surface area contributed by atoms with Crippen molar-refractivity contribution < 1.29 is 28.5 Å². The Kier molecular flexibility index (Phi) is 5.27. The zero-order valence-corrected chi connectivity index (χ0v) is 15.0. The first-order valence-electron chi connectivity index (χ1n) is 8.37. The normalized spacial score (nSPS) is 17.4. The fraction of sp³-hybridized carbons (Fsp3) is 0.368. The molecule has 0 spiro atoms. The lowest BCUT2D eigenvalue weighted by molar-refractivity contribution is -0.138. The van der Waals surface area contributed by atoms with Gasteiger partial charge in [-0.15, -0.1) is 0 Å². The van der Waals surface area contributed by atoms with Crippen LogP contribution < -0.4 is 9.47 Å². The van der Waals surface area contributed by atoms with Crippen LogP contribution >= 0.6 is 0 Å². The molecule has 0 N–H and O–H groups in total. The van der Waals surface area contributed by atoms with Crippen molar-refractivity contribution in [3.8, 4) is 11.5 Å². The highest BCUT2D eigenvalue weighted by Gasteiger charge is 2.37. The van der Waals surface area contributed by atoms with E-state index in [0.29, 0.717) is 35.9 Å². The summed E-state index contributed by atoms with van der Waals surface area (Å²) in [5, 5.41) is 0. The molecule has 138 valence electrons. The first kappa shape index (κ1) is 18.0. The van der Waals surface area contributed by atoms with Crippen LogP contribution in [0.2, 0.25) is 0 Å². The average Bonchev–Trinajstić information content (AvgIpc) is 3.17. The molecule has 0 radical (unpaired) electrons. The fourth-order valence-corrected chi connectivity index (χ4v) is 2.95. The molecule has 1 amide bonds. The minimum Gasteiger partial charge on any atom is -0.462 e. The Morgan fingerprint density at radius 3 is 2.81 bits per heavy atom. The van der Waals surface area contributed by atoms with Gasteiger partial charge in [0.05, 0.1) is 24.4 Å². The summed E-state index contributed by atoms with van der Waals surface area (Å²) in [5.74, 6) is 0.508. The largest absolute Gasteiger partial charge is 0.462 e. The summed E-state index contributed by atoms with van der Waals surface area (Å²) in [7, 11) is 1.56. The lowest BCUT2D eigenvalue weighted by Gasteiger charge is -2.16. The van der Waals surface area contributed by atoms with Gasteiger partial charge in [-0.1, -0.05) is 6.07 Å². The molecule has 0 aromatic heterocycles. The molecule has 1 aromatic carbocycles. The summed E-state index contributed by atoms with van der Waals surface area (Å²) in [6.07, 6.45) is 1.67. The molecule has 2 heterocycles. The molecule has 7 heteroatoms. The number of amides is 1. The van der Waals surface area contributed by atoms with E-state index in [1.54, 1.807) is 39.2 Å². The number of allylic oxidation sites excluding steroid dienone is 1. The molecule has 7 nitrogen and oxygen atoms in total. The molecule has 26 heavy (non-hydrogen) atoms. The summed E-state index contributed by atoms with van der Waals surface area (Å²) in [5.41, 5.74) is 1.89. The first-order valence-corrected chi connectivity index (χ1v) is 8.37. The van der Waals surface area contributed by atoms with Crippen LogP contribution in [-0.2, 0) is 19.1 Å². The van der Waals surface area contributed by atoms with Crippen molar-refractivity contribution in [1.29, 1.82) is 0 Å². The third-order valence-electron chi connectivity index (χ3n) is 4.22. The first-order chi connectivity index (χ1) is 12.6. The standard InChI is InChI=1S/C19H21NO6/c1-4-24-19(22)17-12(2)20(7-8-23-3)18(21)14(17)9-13-5-6-15-16(10-13)26-11-25-15/h5-6,9-10H,4,7-8,11H2,1-3H3/b14-9+. The number of fused-ring (bicyclic) bond motifs is 1. The second-order valence-electron chi connectivity index (χ2n) is 5.80. The van der Waals surface area contributed by atoms with Gasteiger partial charge in [-0.2, -0.15) is 0 Å². The van der Waals surface area contributed by atoms with Crippen LogP contribution in [0.1, 0.15) is 19.4 Å². The van der Waals surface area contributed by atoms with Crippen molar-refractivity contribution in [3.63, 3.8) is 0 Å². The summed E-state index contributed by atoms with van der Waals surface area (Å²) < 4.78 is 20.9. The Labute approximate surface area is 151 Å². The molecule has 2 aliphatic heterocycles. The molecule has 0 aliphatic carbocycles. The van der Waals surface area contributed by atoms with E-state index in [2.05, 4.69) is 0 Å². The maximum absolute atomic E-state index is 12.9. The lowest BCUT2D eigenvalue weighted by atomic mass is 10.0. The zero-order valence-electron chi connectivity index (χ0n) is 15.0. The van der Waals surface area contributed by atoms with Gasteiger partial charge in [-0.3, -0.25) is 4.79 Å². The third-order valence-corrected chi connectivity index (χ3v) is 4.22. The van der Waals surface area contributed by atoms with Gasteiger partial charge in [0.15, 0.2) is 11.5 Å². The van der Waals surface area contributed by atoms with Gasteiger partial charge in [0.1, 0.15) is 0 Å². The highest BCUT2D eigenvalue weighted by Crippen LogP contribution is 2.35. The van der Waals surface area contributed by atoms with E-state index in [1.165, 1.54) is 4.90 Å². The molecule has 0 fully saturated rings. The van der Waals surface area contributed by atoms with E-state index in [4.69, 9.17) is 18.9 Å². The van der Waals surface area contributed by atoms with Crippen LogP contribution in [0, 0.1) is 0 Å². The van der Waals surface area contributed by atoms with Gasteiger partial charge < -0.3 is 23.8 Å². The SMILES string of the molecule is CCOC(=O)C1=C(C)N(CCOC)C(=O)/C1=C/c1ccc2c(c1)OCO2. The van der Waals surface area contributed by atoms with Crippen LogP contribution in [-0.4, -0.2) is 50.4 Å². The molecule has 0 atom stereocenters. The topological polar surface area (TPSA) is 74.3 Å². The number of hydrogen-bond donors (Lipinski definition) is 0. The Hall–Kier alpha value is -2.80. The Morgan fingerprint density at radius 1 is 1.31 bits per heavy atom. The van der Waals surface area contributed by atoms with E-state index in [0.717, 1.165) is 5.56 Å². The lowest BCUT2D eigenvalue weighted by Crippen LogP contribution is -2.28. The summed E-state index contributed by atoms with van der Waals surface area (Å²) in [6.45, 7) is 4.61. The minimum absolute atomic E-state index is 0.173. The molecule has 2 aliphatic rings. The van der Waals surface area contributed by atoms with E-state index < -0.39 is 5.97 Å². The number of carbonyl (C=O) groups is 2. The molecular weight excluding hydrogens is 338 g/mol. The number of hydrogen-bond acceptors (Lipinski definition) is 6. The highest BCUT2D eigenvalue weighted by molar-refractivity contribution is 6.16. The predicted octanol–water partition coefficient (Wildman–Crippen LogP) is 2.12. The molecule has 0 unspecified atom stereocenters. The van der Waals surface area contributed by atoms with E-state index >= 15 is 0 Å². The number of nitrogens with zero attached hydrogens (tertiary/aromatic N) is 1. The minimum atomic E-state index is -0.509. The number of methoxy groups -OCH3 is 1. The van der Waals surface area contributed by atoms with Crippen molar-refractivity contribution in [2.24, 2.45) is 0 Å². The molecule has 0 saturated heterocycles. The van der Waals surface area contributed by atoms with Crippen molar-refractivity contribution in [1.82, 2.24) is 4.90 Å². The number of esters is 1. The van der Waals surface area contributed by atoms with E-state index in [9.17, 15) is 9.59 Å². The molecule has 0 saturated carbocycles. The van der Waals surface area contributed by atoms with Crippen LogP contribution in [0.3, 0.4) is 0 Å². The van der Waals surface area contributed by atoms with Crippen molar-refractivity contribution in [3.05, 3.63) is 40.6 Å². The number of benzene rings is 1. The van der Waals surface area contributed by atoms with Gasteiger partial charge in [-0.05, 0) is 37.6 Å². The van der Waals surface area contributed by atoms with Gasteiger partial charge in [-0.25, -0.2) is 4.79 Å². The number of ether oxygens (including phenoxy) is 4. The summed E-state index contributed by atoms with van der Waals surface area (Å²) in [6, 6.07) is 5.36. The molecule has 1 aromatic rings. The van der Waals surface area contributed by atoms with Crippen molar-refractivity contribution in [2.75, 3.05) is 33.7 Å². The fourth-order valence-electron chi connectivity index (χ4n) is 2.95. The zero-order chi connectivity index (χ0) is 18.7. The molecule has 0 bridgehead atoms. The van der Waals surface area contributed by atoms with Crippen molar-refractivity contribution >= 4 is 18.0 Å². The Balaban J connectivity index is 1.99. The van der Waals surface area contributed by atoms with Crippen LogP contribution in [0.25, 0.3) is 6.08 Å². The van der Waals surface area contributed by atoms with Gasteiger partial charge in [0.25, 0.3) is 5.91 Å². The van der Waals surface area contributed by atoms with E-state index in [1.807, 2.05) is 6.07 Å². The maximum atomic E-state index is 12.9. The Morgan fingerprint density at radius 2 is 2.08 bits per heavy atom. The van der Waals surface area contributed by atoms with Crippen LogP contribution in [0.5, 0.6) is 11.5 Å². The van der Waals surface area contributed by atoms with Crippen molar-refractivity contribution in [2.45, 2.75) is 13.8 Å². The molecule has 3 rings (SSSR count). The monoisotopic (exact) mass is 359 g/mol. The van der Waals surface area contributed by atoms with Crippen LogP contribution in [0.4, 0.5) is 0 Å². The second-order valence-corrected chi connectivity index (χ2v) is 5.80. The highest BCUT2D eigenvalue weighted by atomic mass is 16.7. The summed E-state index contributed by atoms with van der Waals surface area (Å²) >= 11 is 0. The second kappa shape index (κ2) is 7.61. The smallest absolute Gasteiger partial charge is 0.340 e. The third kappa shape index (κ3) is 3.30. The average molecular weight is 359 g/mol. The quantitative estimate of drug-likeness (QED) is 0.572. The number of rotatable bonds is 6. The Bertz CT molecular complexity index is 795. The number of carbonyl (C=O) groups excluding carboxylic acids is 2. The molecular formula is C19H21NO6. The summed E-state index contributed by atoms with van der Waals surface area (Å²) in [4.78, 5) is 26.8. The van der Waals surface area contributed by atoms with E-state index in [-0.39, 0.29) is 24.9 Å². The van der Waals surface area contributed by atoms with Gasteiger partial charge >= 0.3 is 5.97 Å². The predicted molar refractivity (Wildman–Crippen MR) is 93.5 cm³/mol.